The van der Waals surface area contributed by atoms with Crippen molar-refractivity contribution in [3.8, 4) is 0 Å². The van der Waals surface area contributed by atoms with E-state index in [2.05, 4.69) is 20.5 Å². The summed E-state index contributed by atoms with van der Waals surface area (Å²) >= 11 is 0. The predicted octanol–water partition coefficient (Wildman–Crippen LogP) is 3.89. The monoisotopic (exact) mass is 378 g/mol. The van der Waals surface area contributed by atoms with Gasteiger partial charge in [0.15, 0.2) is 6.61 Å². The van der Waals surface area contributed by atoms with Crippen molar-refractivity contribution in [3.05, 3.63) is 65.5 Å². The molecule has 3 rings (SSSR count). The van der Waals surface area contributed by atoms with Crippen LogP contribution in [-0.2, 0) is 17.5 Å². The fourth-order valence-corrected chi connectivity index (χ4v) is 2.18. The lowest BCUT2D eigenvalue weighted by Crippen LogP contribution is -2.10. The summed E-state index contributed by atoms with van der Waals surface area (Å²) in [6.45, 7) is 1.36. The Bertz CT molecular complexity index is 956. The molecule has 0 aliphatic heterocycles. The molecule has 10 heteroatoms. The van der Waals surface area contributed by atoms with E-state index in [1.165, 1.54) is 30.5 Å². The van der Waals surface area contributed by atoms with Crippen LogP contribution in [0.15, 0.2) is 47.0 Å². The van der Waals surface area contributed by atoms with E-state index in [9.17, 15) is 18.0 Å². The largest absolute Gasteiger partial charge is 0.452 e. The summed E-state index contributed by atoms with van der Waals surface area (Å²) in [5.41, 5.74) is -0.643. The zero-order valence-electron chi connectivity index (χ0n) is 13.9. The van der Waals surface area contributed by atoms with Crippen LogP contribution in [0.2, 0.25) is 0 Å². The van der Waals surface area contributed by atoms with Crippen LogP contribution in [0.5, 0.6) is 0 Å². The number of halogens is 3. The van der Waals surface area contributed by atoms with Gasteiger partial charge in [0.05, 0.1) is 5.56 Å². The molecule has 2 aromatic heterocycles. The van der Waals surface area contributed by atoms with Crippen LogP contribution in [0, 0.1) is 6.92 Å². The third-order valence-corrected chi connectivity index (χ3v) is 3.37. The Morgan fingerprint density at radius 2 is 2.04 bits per heavy atom. The highest BCUT2D eigenvalue weighted by molar-refractivity contribution is 5.95. The number of aromatic nitrogens is 3. The second kappa shape index (κ2) is 7.44. The molecule has 0 amide bonds. The summed E-state index contributed by atoms with van der Waals surface area (Å²) in [6, 6.07) is 7.50. The van der Waals surface area contributed by atoms with Gasteiger partial charge < -0.3 is 14.5 Å². The van der Waals surface area contributed by atoms with Crippen molar-refractivity contribution in [3.63, 3.8) is 0 Å². The highest BCUT2D eigenvalue weighted by Crippen LogP contribution is 2.31. The molecule has 0 bridgehead atoms. The number of carbonyl (C=O) groups excluding carboxylic acids is 1. The first-order valence-electron chi connectivity index (χ1n) is 7.68. The maximum atomic E-state index is 12.8. The SMILES string of the molecule is Cc1nnc(COC(=O)c2cccnc2Nc2cccc(C(F)(F)F)c2)o1. The van der Waals surface area contributed by atoms with E-state index >= 15 is 0 Å². The number of nitrogens with one attached hydrogen (secondary N) is 1. The van der Waals surface area contributed by atoms with Gasteiger partial charge in [-0.15, -0.1) is 10.2 Å². The van der Waals surface area contributed by atoms with Crippen molar-refractivity contribution in [1.29, 1.82) is 0 Å². The van der Waals surface area contributed by atoms with Crippen LogP contribution in [-0.4, -0.2) is 21.2 Å². The maximum absolute atomic E-state index is 12.8. The molecule has 27 heavy (non-hydrogen) atoms. The molecule has 140 valence electrons. The first kappa shape index (κ1) is 18.4. The van der Waals surface area contributed by atoms with Crippen molar-refractivity contribution in [2.24, 2.45) is 0 Å². The molecular formula is C17H13F3N4O3. The molecule has 0 saturated heterocycles. The Balaban J connectivity index is 1.76. The number of esters is 1. The fourth-order valence-electron chi connectivity index (χ4n) is 2.18. The molecule has 0 saturated carbocycles. The molecule has 2 heterocycles. The number of ether oxygens (including phenoxy) is 1. The minimum atomic E-state index is -4.48. The summed E-state index contributed by atoms with van der Waals surface area (Å²) in [6.07, 6.45) is -3.08. The Morgan fingerprint density at radius 1 is 1.22 bits per heavy atom. The molecule has 0 unspecified atom stereocenters. The number of nitrogens with zero attached hydrogens (tertiary/aromatic N) is 3. The topological polar surface area (TPSA) is 90.1 Å². The number of anilines is 2. The van der Waals surface area contributed by atoms with Crippen molar-refractivity contribution >= 4 is 17.5 Å². The number of benzene rings is 1. The average Bonchev–Trinajstić information content (AvgIpc) is 3.05. The molecular weight excluding hydrogens is 365 g/mol. The van der Waals surface area contributed by atoms with Crippen molar-refractivity contribution in [2.45, 2.75) is 19.7 Å². The number of hydrogen-bond donors (Lipinski definition) is 1. The second-order valence-corrected chi connectivity index (χ2v) is 5.39. The van der Waals surface area contributed by atoms with Crippen LogP contribution in [0.4, 0.5) is 24.7 Å². The Hall–Kier alpha value is -3.43. The number of hydrogen-bond acceptors (Lipinski definition) is 7. The van der Waals surface area contributed by atoms with E-state index in [-0.39, 0.29) is 29.6 Å². The smallest absolute Gasteiger partial charge is 0.416 e. The molecule has 3 aromatic rings. The third-order valence-electron chi connectivity index (χ3n) is 3.37. The molecule has 0 radical (unpaired) electrons. The van der Waals surface area contributed by atoms with E-state index in [0.29, 0.717) is 5.89 Å². The van der Waals surface area contributed by atoms with Gasteiger partial charge in [-0.1, -0.05) is 6.07 Å². The molecule has 1 N–H and O–H groups in total. The van der Waals surface area contributed by atoms with Gasteiger partial charge in [0.1, 0.15) is 11.4 Å². The average molecular weight is 378 g/mol. The van der Waals surface area contributed by atoms with E-state index in [4.69, 9.17) is 9.15 Å². The minimum absolute atomic E-state index is 0.0474. The third kappa shape index (κ3) is 4.60. The Morgan fingerprint density at radius 3 is 2.74 bits per heavy atom. The van der Waals surface area contributed by atoms with Gasteiger partial charge in [-0.25, -0.2) is 9.78 Å². The number of aryl methyl sites for hydroxylation is 1. The van der Waals surface area contributed by atoms with Crippen molar-refractivity contribution in [2.75, 3.05) is 5.32 Å². The lowest BCUT2D eigenvalue weighted by molar-refractivity contribution is -0.137. The normalized spacial score (nSPS) is 11.3. The fraction of sp³-hybridized carbons (Fsp3) is 0.176. The van der Waals surface area contributed by atoms with Crippen LogP contribution >= 0.6 is 0 Å². The highest BCUT2D eigenvalue weighted by Gasteiger charge is 2.30. The Kier molecular flexibility index (Phi) is 5.06. The van der Waals surface area contributed by atoms with Crippen LogP contribution in [0.3, 0.4) is 0 Å². The van der Waals surface area contributed by atoms with E-state index in [1.807, 2.05) is 0 Å². The number of alkyl halides is 3. The Labute approximate surface area is 151 Å². The van der Waals surface area contributed by atoms with Gasteiger partial charge in [0, 0.05) is 18.8 Å². The zero-order chi connectivity index (χ0) is 19.4. The molecule has 0 fully saturated rings. The summed E-state index contributed by atoms with van der Waals surface area (Å²) < 4.78 is 48.7. The van der Waals surface area contributed by atoms with Crippen LogP contribution in [0.1, 0.15) is 27.7 Å². The van der Waals surface area contributed by atoms with E-state index in [1.54, 1.807) is 6.92 Å². The first-order valence-corrected chi connectivity index (χ1v) is 7.68. The predicted molar refractivity (Wildman–Crippen MR) is 87.1 cm³/mol. The summed E-state index contributed by atoms with van der Waals surface area (Å²) in [7, 11) is 0. The molecule has 7 nitrogen and oxygen atoms in total. The van der Waals surface area contributed by atoms with Crippen LogP contribution in [0.25, 0.3) is 0 Å². The second-order valence-electron chi connectivity index (χ2n) is 5.39. The minimum Gasteiger partial charge on any atom is -0.452 e. The number of carbonyl (C=O) groups is 1. The van der Waals surface area contributed by atoms with Crippen molar-refractivity contribution < 1.29 is 27.1 Å². The maximum Gasteiger partial charge on any atom is 0.416 e. The van der Waals surface area contributed by atoms with E-state index in [0.717, 1.165) is 12.1 Å². The van der Waals surface area contributed by atoms with Gasteiger partial charge in [-0.05, 0) is 30.3 Å². The number of pyridine rings is 1. The molecule has 1 aromatic carbocycles. The number of rotatable bonds is 5. The molecule has 0 spiro atoms. The van der Waals surface area contributed by atoms with Gasteiger partial charge >= 0.3 is 12.1 Å². The summed E-state index contributed by atoms with van der Waals surface area (Å²) in [4.78, 5) is 16.3. The quantitative estimate of drug-likeness (QED) is 0.674. The van der Waals surface area contributed by atoms with Gasteiger partial charge in [-0.2, -0.15) is 13.2 Å². The first-order chi connectivity index (χ1) is 12.8. The summed E-state index contributed by atoms with van der Waals surface area (Å²) in [5, 5.41) is 10.0. The zero-order valence-corrected chi connectivity index (χ0v) is 13.9. The molecule has 0 atom stereocenters. The highest BCUT2D eigenvalue weighted by atomic mass is 19.4. The lowest BCUT2D eigenvalue weighted by Gasteiger charge is -2.12. The standard InChI is InChI=1S/C17H13F3N4O3/c1-10-23-24-14(27-10)9-26-16(25)13-6-3-7-21-15(13)22-12-5-2-4-11(8-12)17(18,19)20/h2-8H,9H2,1H3,(H,21,22). The van der Waals surface area contributed by atoms with Gasteiger partial charge in [0.2, 0.25) is 5.89 Å². The molecule has 0 aliphatic carbocycles. The summed E-state index contributed by atoms with van der Waals surface area (Å²) in [5.74, 6) is -0.233. The van der Waals surface area contributed by atoms with Gasteiger partial charge in [-0.3, -0.25) is 0 Å². The molecule has 0 aliphatic rings. The lowest BCUT2D eigenvalue weighted by atomic mass is 10.2. The van der Waals surface area contributed by atoms with Gasteiger partial charge in [0.25, 0.3) is 5.89 Å². The van der Waals surface area contributed by atoms with Crippen molar-refractivity contribution in [1.82, 2.24) is 15.2 Å². The van der Waals surface area contributed by atoms with E-state index < -0.39 is 17.7 Å². The van der Waals surface area contributed by atoms with Crippen LogP contribution < -0.4 is 5.32 Å².